The van der Waals surface area contributed by atoms with Gasteiger partial charge in [0.1, 0.15) is 5.60 Å². The van der Waals surface area contributed by atoms with Gasteiger partial charge < -0.3 is 15.8 Å². The van der Waals surface area contributed by atoms with Crippen LogP contribution in [0.15, 0.2) is 36.5 Å². The lowest BCUT2D eigenvalue weighted by atomic mass is 10.2. The highest BCUT2D eigenvalue weighted by Crippen LogP contribution is 2.13. The average molecular weight is 344 g/mol. The van der Waals surface area contributed by atoms with E-state index in [9.17, 15) is 9.59 Å². The van der Waals surface area contributed by atoms with Crippen molar-refractivity contribution in [2.75, 3.05) is 12.3 Å². The van der Waals surface area contributed by atoms with Gasteiger partial charge in [0.25, 0.3) is 5.91 Å². The molecule has 1 heterocycles. The summed E-state index contributed by atoms with van der Waals surface area (Å²) in [6.45, 7) is 5.87. The minimum Gasteiger partial charge on any atom is -0.443 e. The summed E-state index contributed by atoms with van der Waals surface area (Å²) < 4.78 is 6.47. The van der Waals surface area contributed by atoms with Crippen LogP contribution in [0.2, 0.25) is 0 Å². The van der Waals surface area contributed by atoms with E-state index in [0.717, 1.165) is 0 Å². The minimum atomic E-state index is -0.602. The average Bonchev–Trinajstić information content (AvgIpc) is 2.91. The minimum absolute atomic E-state index is 0.0950. The van der Waals surface area contributed by atoms with Crippen LogP contribution in [0.3, 0.4) is 0 Å². The summed E-state index contributed by atoms with van der Waals surface area (Å²) >= 11 is 0. The Hall–Kier alpha value is -2.83. The molecule has 0 unspecified atom stereocenters. The number of aryl methyl sites for hydroxylation is 1. The van der Waals surface area contributed by atoms with Gasteiger partial charge in [-0.05, 0) is 45.7 Å². The van der Waals surface area contributed by atoms with E-state index in [1.807, 2.05) is 18.2 Å². The highest BCUT2D eigenvalue weighted by atomic mass is 16.6. The third kappa shape index (κ3) is 5.63. The summed E-state index contributed by atoms with van der Waals surface area (Å²) in [6.07, 6.45) is 2.29. The Morgan fingerprint density at radius 2 is 1.92 bits per heavy atom. The monoisotopic (exact) mass is 344 g/mol. The van der Waals surface area contributed by atoms with Gasteiger partial charge in [0.05, 0.1) is 5.69 Å². The van der Waals surface area contributed by atoms with Gasteiger partial charge >= 0.3 is 6.09 Å². The Balaban J connectivity index is 1.83. The van der Waals surface area contributed by atoms with Crippen molar-refractivity contribution < 1.29 is 14.3 Å². The number of anilines is 1. The second kappa shape index (κ2) is 7.83. The zero-order valence-electron chi connectivity index (χ0n) is 14.8. The van der Waals surface area contributed by atoms with Gasteiger partial charge in [0.2, 0.25) is 5.95 Å². The number of benzene rings is 1. The molecule has 134 valence electrons. The van der Waals surface area contributed by atoms with Gasteiger partial charge in [-0.2, -0.15) is 0 Å². The fourth-order valence-electron chi connectivity index (χ4n) is 2.19. The van der Waals surface area contributed by atoms with Gasteiger partial charge in [-0.3, -0.25) is 4.79 Å². The van der Waals surface area contributed by atoms with E-state index >= 15 is 0 Å². The highest BCUT2D eigenvalue weighted by Gasteiger charge is 2.20. The number of nitrogen functional groups attached to an aromatic ring is 1. The van der Waals surface area contributed by atoms with Crippen LogP contribution in [-0.2, 0) is 11.2 Å². The fourth-order valence-corrected chi connectivity index (χ4v) is 2.19. The van der Waals surface area contributed by atoms with E-state index in [-0.39, 0.29) is 11.9 Å². The molecule has 1 aromatic carbocycles. The number of nitrogens with one attached hydrogen (secondary N) is 1. The number of amides is 1. The van der Waals surface area contributed by atoms with Crippen molar-refractivity contribution in [1.29, 1.82) is 0 Å². The van der Waals surface area contributed by atoms with Crippen molar-refractivity contribution in [3.8, 4) is 0 Å². The first-order chi connectivity index (χ1) is 11.8. The Morgan fingerprint density at radius 1 is 1.24 bits per heavy atom. The number of nitrogens with two attached hydrogens (primary N) is 1. The second-order valence-electron chi connectivity index (χ2n) is 6.67. The van der Waals surface area contributed by atoms with Crippen LogP contribution in [0.5, 0.6) is 0 Å². The highest BCUT2D eigenvalue weighted by molar-refractivity contribution is 5.94. The molecule has 7 heteroatoms. The van der Waals surface area contributed by atoms with Crippen molar-refractivity contribution in [2.45, 2.75) is 39.2 Å². The van der Waals surface area contributed by atoms with E-state index in [1.54, 1.807) is 39.1 Å². The summed E-state index contributed by atoms with van der Waals surface area (Å²) in [5.74, 6) is -0.0167. The van der Waals surface area contributed by atoms with Crippen LogP contribution in [0.25, 0.3) is 0 Å². The van der Waals surface area contributed by atoms with Gasteiger partial charge in [0, 0.05) is 18.3 Å². The van der Waals surface area contributed by atoms with Gasteiger partial charge in [-0.1, -0.05) is 18.2 Å². The molecule has 0 fully saturated rings. The molecule has 25 heavy (non-hydrogen) atoms. The molecule has 0 aliphatic rings. The van der Waals surface area contributed by atoms with Crippen molar-refractivity contribution in [1.82, 2.24) is 14.9 Å². The largest absolute Gasteiger partial charge is 0.443 e. The third-order valence-corrected chi connectivity index (χ3v) is 3.30. The van der Waals surface area contributed by atoms with E-state index in [4.69, 9.17) is 10.5 Å². The van der Waals surface area contributed by atoms with Crippen LogP contribution in [0, 0.1) is 0 Å². The predicted octanol–water partition coefficient (Wildman–Crippen LogP) is 2.61. The molecule has 0 bridgehead atoms. The number of nitrogens with zero attached hydrogens (tertiary/aromatic N) is 2. The SMILES string of the molecule is CC(C)(C)OC(=O)n1cc(CCCNC(=O)c2ccccc2)nc1N. The zero-order chi connectivity index (χ0) is 18.4. The van der Waals surface area contributed by atoms with Crippen molar-refractivity contribution in [2.24, 2.45) is 0 Å². The van der Waals surface area contributed by atoms with Crippen LogP contribution in [-0.4, -0.2) is 33.7 Å². The van der Waals surface area contributed by atoms with E-state index < -0.39 is 11.7 Å². The summed E-state index contributed by atoms with van der Waals surface area (Å²) in [5.41, 5.74) is 6.47. The summed E-state index contributed by atoms with van der Waals surface area (Å²) in [5, 5.41) is 2.85. The molecule has 2 rings (SSSR count). The molecule has 0 aliphatic heterocycles. The van der Waals surface area contributed by atoms with E-state index in [0.29, 0.717) is 30.6 Å². The van der Waals surface area contributed by atoms with Gasteiger partial charge in [0.15, 0.2) is 0 Å². The molecule has 0 saturated carbocycles. The molecule has 1 aromatic heterocycles. The number of hydrogen-bond acceptors (Lipinski definition) is 5. The Morgan fingerprint density at radius 3 is 2.56 bits per heavy atom. The molecule has 0 saturated heterocycles. The van der Waals surface area contributed by atoms with Gasteiger partial charge in [-0.15, -0.1) is 0 Å². The number of hydrogen-bond donors (Lipinski definition) is 2. The van der Waals surface area contributed by atoms with E-state index in [2.05, 4.69) is 10.3 Å². The fraction of sp³-hybridized carbons (Fsp3) is 0.389. The Kier molecular flexibility index (Phi) is 5.80. The topological polar surface area (TPSA) is 99.2 Å². The molecule has 2 aromatic rings. The smallest absolute Gasteiger partial charge is 0.421 e. The summed E-state index contributed by atoms with van der Waals surface area (Å²) in [4.78, 5) is 28.1. The van der Waals surface area contributed by atoms with Crippen molar-refractivity contribution in [3.05, 3.63) is 47.8 Å². The second-order valence-corrected chi connectivity index (χ2v) is 6.67. The normalized spacial score (nSPS) is 11.2. The number of ether oxygens (including phenoxy) is 1. The molecule has 0 atom stereocenters. The molecular weight excluding hydrogens is 320 g/mol. The number of carbonyl (C=O) groups excluding carboxylic acids is 2. The quantitative estimate of drug-likeness (QED) is 0.812. The Bertz CT molecular complexity index is 733. The maximum Gasteiger partial charge on any atom is 0.421 e. The lowest BCUT2D eigenvalue weighted by molar-refractivity contribution is 0.0540. The number of aromatic nitrogens is 2. The number of carbonyl (C=O) groups is 2. The molecule has 7 nitrogen and oxygen atoms in total. The molecule has 0 aliphatic carbocycles. The Labute approximate surface area is 147 Å². The van der Waals surface area contributed by atoms with Crippen LogP contribution in [0.1, 0.15) is 43.2 Å². The van der Waals surface area contributed by atoms with Crippen LogP contribution in [0.4, 0.5) is 10.7 Å². The maximum absolute atomic E-state index is 12.0. The van der Waals surface area contributed by atoms with Crippen LogP contribution >= 0.6 is 0 Å². The molecule has 0 spiro atoms. The zero-order valence-corrected chi connectivity index (χ0v) is 14.8. The van der Waals surface area contributed by atoms with Crippen molar-refractivity contribution >= 4 is 17.9 Å². The number of imidazole rings is 1. The lowest BCUT2D eigenvalue weighted by Crippen LogP contribution is -2.27. The third-order valence-electron chi connectivity index (χ3n) is 3.30. The van der Waals surface area contributed by atoms with Crippen molar-refractivity contribution in [3.63, 3.8) is 0 Å². The first-order valence-electron chi connectivity index (χ1n) is 8.16. The summed E-state index contributed by atoms with van der Waals surface area (Å²) in [6, 6.07) is 9.03. The lowest BCUT2D eigenvalue weighted by Gasteiger charge is -2.19. The molecule has 1 amide bonds. The van der Waals surface area contributed by atoms with E-state index in [1.165, 1.54) is 4.57 Å². The number of rotatable bonds is 5. The molecular formula is C18H24N4O3. The standard InChI is InChI=1S/C18H24N4O3/c1-18(2,3)25-17(24)22-12-14(21-16(22)19)10-7-11-20-15(23)13-8-5-4-6-9-13/h4-6,8-9,12H,7,10-11H2,1-3H3,(H2,19,21)(H,20,23). The first kappa shape index (κ1) is 18.5. The molecule has 3 N–H and O–H groups in total. The maximum atomic E-state index is 12.0. The predicted molar refractivity (Wildman–Crippen MR) is 95.4 cm³/mol. The van der Waals surface area contributed by atoms with Gasteiger partial charge in [-0.25, -0.2) is 14.3 Å². The molecule has 0 radical (unpaired) electrons. The summed E-state index contributed by atoms with van der Waals surface area (Å²) in [7, 11) is 0. The first-order valence-corrected chi connectivity index (χ1v) is 8.16. The van der Waals surface area contributed by atoms with Crippen LogP contribution < -0.4 is 11.1 Å².